The van der Waals surface area contributed by atoms with Crippen LogP contribution in [-0.2, 0) is 4.79 Å². The molecule has 1 saturated carbocycles. The monoisotopic (exact) mass is 188 g/mol. The number of allylic oxidation sites excluding steroid dienone is 2. The van der Waals surface area contributed by atoms with Crippen LogP contribution in [0.25, 0.3) is 0 Å². The average molecular weight is 188 g/mol. The lowest BCUT2D eigenvalue weighted by atomic mass is 9.60. The molecule has 0 bridgehead atoms. The van der Waals surface area contributed by atoms with E-state index in [9.17, 15) is 4.79 Å². The first-order valence-electron chi connectivity index (χ1n) is 5.37. The SMILES string of the molecule is C#C[C@H]1CCCC2=CC(=O)CC[C@@]21C. The van der Waals surface area contributed by atoms with Crippen molar-refractivity contribution in [1.29, 1.82) is 0 Å². The van der Waals surface area contributed by atoms with E-state index in [-0.39, 0.29) is 11.2 Å². The molecule has 0 radical (unpaired) electrons. The van der Waals surface area contributed by atoms with Gasteiger partial charge in [-0.05, 0) is 31.8 Å². The third kappa shape index (κ3) is 1.30. The normalized spacial score (nSPS) is 37.0. The summed E-state index contributed by atoms with van der Waals surface area (Å²) in [6, 6.07) is 0. The summed E-state index contributed by atoms with van der Waals surface area (Å²) in [6.45, 7) is 2.23. The van der Waals surface area contributed by atoms with Gasteiger partial charge in [0.25, 0.3) is 0 Å². The molecule has 0 aromatic carbocycles. The molecule has 0 heterocycles. The van der Waals surface area contributed by atoms with Gasteiger partial charge in [0.1, 0.15) is 0 Å². The van der Waals surface area contributed by atoms with Crippen LogP contribution < -0.4 is 0 Å². The molecule has 74 valence electrons. The summed E-state index contributed by atoms with van der Waals surface area (Å²) in [6.07, 6.45) is 12.4. The molecule has 2 atom stereocenters. The molecule has 0 aliphatic heterocycles. The van der Waals surface area contributed by atoms with Crippen LogP contribution >= 0.6 is 0 Å². The molecule has 1 nitrogen and oxygen atoms in total. The maximum Gasteiger partial charge on any atom is 0.155 e. The van der Waals surface area contributed by atoms with E-state index >= 15 is 0 Å². The van der Waals surface area contributed by atoms with Crippen LogP contribution in [-0.4, -0.2) is 5.78 Å². The topological polar surface area (TPSA) is 17.1 Å². The summed E-state index contributed by atoms with van der Waals surface area (Å²) in [7, 11) is 0. The third-order valence-corrected chi connectivity index (χ3v) is 3.87. The van der Waals surface area contributed by atoms with Gasteiger partial charge >= 0.3 is 0 Å². The highest BCUT2D eigenvalue weighted by Gasteiger charge is 2.41. The Bertz CT molecular complexity index is 332. The van der Waals surface area contributed by atoms with Crippen molar-refractivity contribution < 1.29 is 4.79 Å². The van der Waals surface area contributed by atoms with Gasteiger partial charge in [0, 0.05) is 17.8 Å². The Labute approximate surface area is 85.6 Å². The number of rotatable bonds is 0. The summed E-state index contributed by atoms with van der Waals surface area (Å²) in [4.78, 5) is 11.3. The van der Waals surface area contributed by atoms with E-state index in [1.807, 2.05) is 6.08 Å². The van der Waals surface area contributed by atoms with Crippen molar-refractivity contribution in [2.75, 3.05) is 0 Å². The van der Waals surface area contributed by atoms with E-state index in [2.05, 4.69) is 12.8 Å². The van der Waals surface area contributed by atoms with Crippen molar-refractivity contribution in [2.24, 2.45) is 11.3 Å². The lowest BCUT2D eigenvalue weighted by molar-refractivity contribution is -0.116. The standard InChI is InChI=1S/C13H16O/c1-3-10-5-4-6-11-9-12(14)7-8-13(10,11)2/h1,9-10H,4-8H2,2H3/t10-,13+/m0/s1. The maximum atomic E-state index is 11.3. The lowest BCUT2D eigenvalue weighted by Gasteiger charge is -2.43. The van der Waals surface area contributed by atoms with Crippen LogP contribution in [0.15, 0.2) is 11.6 Å². The molecule has 0 saturated heterocycles. The lowest BCUT2D eigenvalue weighted by Crippen LogP contribution is -2.35. The second kappa shape index (κ2) is 3.28. The van der Waals surface area contributed by atoms with Crippen molar-refractivity contribution in [3.8, 4) is 12.3 Å². The second-order valence-electron chi connectivity index (χ2n) is 4.66. The smallest absolute Gasteiger partial charge is 0.155 e. The Balaban J connectivity index is 2.37. The zero-order chi connectivity index (χ0) is 10.2. The molecule has 14 heavy (non-hydrogen) atoms. The van der Waals surface area contributed by atoms with Crippen LogP contribution in [0.3, 0.4) is 0 Å². The van der Waals surface area contributed by atoms with E-state index in [1.54, 1.807) is 0 Å². The van der Waals surface area contributed by atoms with E-state index < -0.39 is 0 Å². The molecule has 0 amide bonds. The van der Waals surface area contributed by atoms with Crippen LogP contribution in [0.2, 0.25) is 0 Å². The first kappa shape index (κ1) is 9.52. The fourth-order valence-electron chi connectivity index (χ4n) is 2.81. The fourth-order valence-corrected chi connectivity index (χ4v) is 2.81. The van der Waals surface area contributed by atoms with Crippen LogP contribution in [0.1, 0.15) is 39.0 Å². The highest BCUT2D eigenvalue weighted by atomic mass is 16.1. The number of carbonyl (C=O) groups is 1. The first-order chi connectivity index (χ1) is 6.66. The number of terminal acetylenes is 1. The van der Waals surface area contributed by atoms with Gasteiger partial charge in [0.05, 0.1) is 0 Å². The molecular weight excluding hydrogens is 172 g/mol. The highest BCUT2D eigenvalue weighted by Crippen LogP contribution is 2.49. The largest absolute Gasteiger partial charge is 0.295 e. The van der Waals surface area contributed by atoms with E-state index in [4.69, 9.17) is 6.42 Å². The maximum absolute atomic E-state index is 11.3. The Morgan fingerprint density at radius 1 is 1.57 bits per heavy atom. The summed E-state index contributed by atoms with van der Waals surface area (Å²) < 4.78 is 0. The molecule has 0 spiro atoms. The molecule has 2 aliphatic carbocycles. The molecule has 0 aromatic heterocycles. The second-order valence-corrected chi connectivity index (χ2v) is 4.66. The summed E-state index contributed by atoms with van der Waals surface area (Å²) in [5, 5.41) is 0. The van der Waals surface area contributed by atoms with Gasteiger partial charge in [-0.3, -0.25) is 4.79 Å². The number of carbonyl (C=O) groups excluding carboxylic acids is 1. The van der Waals surface area contributed by atoms with Gasteiger partial charge in [-0.2, -0.15) is 0 Å². The Morgan fingerprint density at radius 3 is 3.07 bits per heavy atom. The number of ketones is 1. The predicted molar refractivity (Wildman–Crippen MR) is 56.6 cm³/mol. The minimum absolute atomic E-state index is 0.126. The van der Waals surface area contributed by atoms with Gasteiger partial charge in [0.15, 0.2) is 5.78 Å². The predicted octanol–water partition coefficient (Wildman–Crippen LogP) is 2.72. The van der Waals surface area contributed by atoms with Crippen molar-refractivity contribution in [3.63, 3.8) is 0 Å². The Hall–Kier alpha value is -1.03. The summed E-state index contributed by atoms with van der Waals surface area (Å²) >= 11 is 0. The Morgan fingerprint density at radius 2 is 2.36 bits per heavy atom. The molecular formula is C13H16O. The van der Waals surface area contributed by atoms with Gasteiger partial charge in [-0.25, -0.2) is 0 Å². The molecule has 0 N–H and O–H groups in total. The molecule has 0 aromatic rings. The summed E-state index contributed by atoms with van der Waals surface area (Å²) in [5.41, 5.74) is 1.43. The molecule has 0 unspecified atom stereocenters. The minimum atomic E-state index is 0.126. The van der Waals surface area contributed by atoms with Crippen molar-refractivity contribution in [3.05, 3.63) is 11.6 Å². The molecule has 2 rings (SSSR count). The van der Waals surface area contributed by atoms with E-state index in [0.717, 1.165) is 25.7 Å². The quantitative estimate of drug-likeness (QED) is 0.534. The summed E-state index contributed by atoms with van der Waals surface area (Å²) in [5.74, 6) is 3.54. The number of hydrogen-bond donors (Lipinski definition) is 0. The zero-order valence-corrected chi connectivity index (χ0v) is 8.68. The van der Waals surface area contributed by atoms with Gasteiger partial charge in [0.2, 0.25) is 0 Å². The van der Waals surface area contributed by atoms with Crippen LogP contribution in [0, 0.1) is 23.7 Å². The van der Waals surface area contributed by atoms with Gasteiger partial charge < -0.3 is 0 Å². The van der Waals surface area contributed by atoms with Gasteiger partial charge in [-0.15, -0.1) is 12.3 Å². The fraction of sp³-hybridized carbons (Fsp3) is 0.615. The van der Waals surface area contributed by atoms with Crippen LogP contribution in [0.5, 0.6) is 0 Å². The molecule has 1 heteroatoms. The third-order valence-electron chi connectivity index (χ3n) is 3.87. The van der Waals surface area contributed by atoms with E-state index in [0.29, 0.717) is 12.3 Å². The van der Waals surface area contributed by atoms with E-state index in [1.165, 1.54) is 5.57 Å². The molecule has 2 aliphatic rings. The first-order valence-corrected chi connectivity index (χ1v) is 5.37. The van der Waals surface area contributed by atoms with Crippen molar-refractivity contribution in [1.82, 2.24) is 0 Å². The van der Waals surface area contributed by atoms with Crippen molar-refractivity contribution in [2.45, 2.75) is 39.0 Å². The number of hydrogen-bond acceptors (Lipinski definition) is 1. The average Bonchev–Trinajstić information content (AvgIpc) is 2.18. The molecule has 1 fully saturated rings. The minimum Gasteiger partial charge on any atom is -0.295 e. The van der Waals surface area contributed by atoms with Crippen molar-refractivity contribution >= 4 is 5.78 Å². The van der Waals surface area contributed by atoms with Gasteiger partial charge in [-0.1, -0.05) is 12.5 Å². The highest BCUT2D eigenvalue weighted by molar-refractivity contribution is 5.91. The Kier molecular flexibility index (Phi) is 2.23. The number of fused-ring (bicyclic) bond motifs is 1. The van der Waals surface area contributed by atoms with Crippen LogP contribution in [0.4, 0.5) is 0 Å². The zero-order valence-electron chi connectivity index (χ0n) is 8.68.